The summed E-state index contributed by atoms with van der Waals surface area (Å²) in [6, 6.07) is 10.3. The van der Waals surface area contributed by atoms with Crippen molar-refractivity contribution < 1.29 is 17.8 Å². The average molecular weight is 292 g/mol. The van der Waals surface area contributed by atoms with Crippen molar-refractivity contribution in [2.75, 3.05) is 5.73 Å². The first-order valence-electron chi connectivity index (χ1n) is 5.57. The number of primary amides is 1. The van der Waals surface area contributed by atoms with Gasteiger partial charge in [0.1, 0.15) is 4.90 Å². The van der Waals surface area contributed by atoms with Gasteiger partial charge in [0.05, 0.1) is 5.56 Å². The molecule has 0 saturated carbocycles. The first-order valence-corrected chi connectivity index (χ1v) is 7.01. The smallest absolute Gasteiger partial charge is 0.295 e. The zero-order chi connectivity index (χ0) is 14.9. The number of hydrogen-bond donors (Lipinski definition) is 3. The summed E-state index contributed by atoms with van der Waals surface area (Å²) in [5, 5.41) is 0. The molecule has 20 heavy (non-hydrogen) atoms. The van der Waals surface area contributed by atoms with E-state index in [2.05, 4.69) is 0 Å². The Morgan fingerprint density at radius 3 is 2.30 bits per heavy atom. The van der Waals surface area contributed by atoms with E-state index in [9.17, 15) is 17.8 Å². The Hall–Kier alpha value is -2.38. The monoisotopic (exact) mass is 292 g/mol. The third-order valence-electron chi connectivity index (χ3n) is 2.79. The molecule has 0 aliphatic carbocycles. The molecule has 7 heteroatoms. The fourth-order valence-electron chi connectivity index (χ4n) is 1.88. The van der Waals surface area contributed by atoms with E-state index >= 15 is 0 Å². The Morgan fingerprint density at radius 1 is 1.10 bits per heavy atom. The fourth-order valence-corrected chi connectivity index (χ4v) is 2.60. The maximum Gasteiger partial charge on any atom is 0.295 e. The highest BCUT2D eigenvalue weighted by Gasteiger charge is 2.17. The van der Waals surface area contributed by atoms with Gasteiger partial charge < -0.3 is 11.5 Å². The standard InChI is InChI=1S/C13H12N2O4S/c14-11-7-8(5-6-10(11)13(15)16)9-3-1-2-4-12(9)20(17,18)19/h1-7H,14H2,(H2,15,16)(H,17,18,19). The van der Waals surface area contributed by atoms with E-state index in [1.807, 2.05) is 0 Å². The minimum atomic E-state index is -4.35. The molecular formula is C13H12N2O4S. The summed E-state index contributed by atoms with van der Waals surface area (Å²) in [6.07, 6.45) is 0. The van der Waals surface area contributed by atoms with Gasteiger partial charge in [-0.05, 0) is 23.8 Å². The van der Waals surface area contributed by atoms with E-state index in [1.54, 1.807) is 6.07 Å². The van der Waals surface area contributed by atoms with Crippen molar-refractivity contribution in [1.29, 1.82) is 0 Å². The van der Waals surface area contributed by atoms with Crippen LogP contribution < -0.4 is 11.5 Å². The van der Waals surface area contributed by atoms with Crippen LogP contribution in [0.1, 0.15) is 10.4 Å². The zero-order valence-corrected chi connectivity index (χ0v) is 11.1. The minimum absolute atomic E-state index is 0.139. The van der Waals surface area contributed by atoms with Gasteiger partial charge in [-0.2, -0.15) is 8.42 Å². The first-order chi connectivity index (χ1) is 9.30. The lowest BCUT2D eigenvalue weighted by Gasteiger charge is -2.09. The lowest BCUT2D eigenvalue weighted by atomic mass is 10.0. The van der Waals surface area contributed by atoms with Crippen LogP contribution in [0.15, 0.2) is 47.4 Å². The van der Waals surface area contributed by atoms with Crippen molar-refractivity contribution >= 4 is 21.7 Å². The molecule has 0 fully saturated rings. The predicted molar refractivity (Wildman–Crippen MR) is 74.6 cm³/mol. The molecule has 0 aliphatic rings. The van der Waals surface area contributed by atoms with Crippen LogP contribution >= 0.6 is 0 Å². The molecule has 6 nitrogen and oxygen atoms in total. The highest BCUT2D eigenvalue weighted by Crippen LogP contribution is 2.29. The van der Waals surface area contributed by atoms with Crippen molar-refractivity contribution in [3.63, 3.8) is 0 Å². The van der Waals surface area contributed by atoms with E-state index < -0.39 is 16.0 Å². The minimum Gasteiger partial charge on any atom is -0.398 e. The van der Waals surface area contributed by atoms with Crippen LogP contribution in [0.4, 0.5) is 5.69 Å². The second-order valence-electron chi connectivity index (χ2n) is 4.14. The fraction of sp³-hybridized carbons (Fsp3) is 0. The number of carbonyl (C=O) groups excluding carboxylic acids is 1. The van der Waals surface area contributed by atoms with Crippen LogP contribution in [0.5, 0.6) is 0 Å². The molecule has 0 unspecified atom stereocenters. The zero-order valence-electron chi connectivity index (χ0n) is 10.3. The summed E-state index contributed by atoms with van der Waals surface area (Å²) in [6.45, 7) is 0. The molecule has 0 heterocycles. The number of anilines is 1. The number of benzene rings is 2. The molecule has 0 aliphatic heterocycles. The number of rotatable bonds is 3. The van der Waals surface area contributed by atoms with Crippen molar-refractivity contribution in [2.45, 2.75) is 4.90 Å². The van der Waals surface area contributed by atoms with E-state index in [0.29, 0.717) is 5.56 Å². The SMILES string of the molecule is NC(=O)c1ccc(-c2ccccc2S(=O)(=O)O)cc1N. The largest absolute Gasteiger partial charge is 0.398 e. The quantitative estimate of drug-likeness (QED) is 0.580. The molecular weight excluding hydrogens is 280 g/mol. The van der Waals surface area contributed by atoms with Crippen LogP contribution in [0.3, 0.4) is 0 Å². The summed E-state index contributed by atoms with van der Waals surface area (Å²) in [5.74, 6) is -0.669. The Balaban J connectivity index is 2.65. The van der Waals surface area contributed by atoms with Crippen LogP contribution in [0.25, 0.3) is 11.1 Å². The van der Waals surface area contributed by atoms with E-state index in [1.165, 1.54) is 36.4 Å². The summed E-state index contributed by atoms with van der Waals surface area (Å²) >= 11 is 0. The van der Waals surface area contributed by atoms with Gasteiger partial charge in [-0.15, -0.1) is 0 Å². The average Bonchev–Trinajstić information content (AvgIpc) is 2.37. The summed E-state index contributed by atoms with van der Waals surface area (Å²) in [7, 11) is -4.35. The Bertz CT molecular complexity index is 785. The number of nitrogens with two attached hydrogens (primary N) is 2. The molecule has 0 atom stereocenters. The lowest BCUT2D eigenvalue weighted by molar-refractivity contribution is 0.100. The van der Waals surface area contributed by atoms with E-state index in [0.717, 1.165) is 0 Å². The van der Waals surface area contributed by atoms with Gasteiger partial charge in [0.2, 0.25) is 0 Å². The molecule has 1 amide bonds. The molecule has 0 radical (unpaired) electrons. The predicted octanol–water partition coefficient (Wildman–Crippen LogP) is 1.28. The third kappa shape index (κ3) is 2.63. The molecule has 2 aromatic rings. The molecule has 0 spiro atoms. The maximum absolute atomic E-state index is 11.3. The second-order valence-corrected chi connectivity index (χ2v) is 5.53. The third-order valence-corrected chi connectivity index (χ3v) is 3.70. The number of carbonyl (C=O) groups is 1. The highest BCUT2D eigenvalue weighted by atomic mass is 32.2. The lowest BCUT2D eigenvalue weighted by Crippen LogP contribution is -2.13. The van der Waals surface area contributed by atoms with Gasteiger partial charge in [-0.25, -0.2) is 0 Å². The topological polar surface area (TPSA) is 123 Å². The Morgan fingerprint density at radius 2 is 1.75 bits per heavy atom. The molecule has 5 N–H and O–H groups in total. The summed E-state index contributed by atoms with van der Waals surface area (Å²) in [4.78, 5) is 10.9. The van der Waals surface area contributed by atoms with Crippen LogP contribution in [-0.2, 0) is 10.1 Å². The van der Waals surface area contributed by atoms with Crippen molar-refractivity contribution in [1.82, 2.24) is 0 Å². The number of nitrogen functional groups attached to an aromatic ring is 1. The molecule has 0 aromatic heterocycles. The van der Waals surface area contributed by atoms with Crippen molar-refractivity contribution in [2.24, 2.45) is 5.73 Å². The molecule has 2 aromatic carbocycles. The van der Waals surface area contributed by atoms with Crippen molar-refractivity contribution in [3.05, 3.63) is 48.0 Å². The van der Waals surface area contributed by atoms with Gasteiger partial charge in [0.25, 0.3) is 16.0 Å². The normalized spacial score (nSPS) is 11.2. The number of hydrogen-bond acceptors (Lipinski definition) is 4. The Labute approximate surface area is 115 Å². The van der Waals surface area contributed by atoms with Crippen LogP contribution in [-0.4, -0.2) is 18.9 Å². The van der Waals surface area contributed by atoms with Crippen LogP contribution in [0, 0.1) is 0 Å². The van der Waals surface area contributed by atoms with Gasteiger partial charge in [-0.3, -0.25) is 9.35 Å². The highest BCUT2D eigenvalue weighted by molar-refractivity contribution is 7.86. The van der Waals surface area contributed by atoms with Gasteiger partial charge in [0, 0.05) is 11.3 Å². The summed E-state index contributed by atoms with van der Waals surface area (Å²) < 4.78 is 31.9. The van der Waals surface area contributed by atoms with E-state index in [-0.39, 0.29) is 21.7 Å². The molecule has 104 valence electrons. The summed E-state index contributed by atoms with van der Waals surface area (Å²) in [5.41, 5.74) is 11.9. The van der Waals surface area contributed by atoms with Gasteiger partial charge in [0.15, 0.2) is 0 Å². The molecule has 0 saturated heterocycles. The molecule has 0 bridgehead atoms. The second kappa shape index (κ2) is 4.95. The molecule has 2 rings (SSSR count). The number of amides is 1. The van der Waals surface area contributed by atoms with E-state index in [4.69, 9.17) is 11.5 Å². The Kier molecular flexibility index (Phi) is 3.47. The van der Waals surface area contributed by atoms with Gasteiger partial charge >= 0.3 is 0 Å². The van der Waals surface area contributed by atoms with Crippen LogP contribution in [0.2, 0.25) is 0 Å². The maximum atomic E-state index is 11.3. The van der Waals surface area contributed by atoms with Gasteiger partial charge in [-0.1, -0.05) is 24.3 Å². The van der Waals surface area contributed by atoms with Crippen molar-refractivity contribution in [3.8, 4) is 11.1 Å². The first kappa shape index (κ1) is 14.0.